The van der Waals surface area contributed by atoms with Crippen LogP contribution in [-0.4, -0.2) is 137 Å². The monoisotopic (exact) mass is 1710 g/mol. The Bertz CT molecular complexity index is 5120. The number of alkyl halides is 1. The Balaban J connectivity index is 0.000000269. The minimum Gasteiger partial charge on any atom is -0.407 e. The number of methoxy groups -OCH3 is 4. The molecule has 3 aromatic carbocycles. The first-order valence-electron chi connectivity index (χ1n) is 29.9. The van der Waals surface area contributed by atoms with Gasteiger partial charge in [-0.2, -0.15) is 0 Å². The number of halogens is 8. The fourth-order valence-corrected chi connectivity index (χ4v) is 9.17. The summed E-state index contributed by atoms with van der Waals surface area (Å²) < 4.78 is 69.2. The van der Waals surface area contributed by atoms with Crippen molar-refractivity contribution in [3.63, 3.8) is 0 Å². The van der Waals surface area contributed by atoms with Gasteiger partial charge in [-0.15, -0.1) is 18.8 Å². The largest absolute Gasteiger partial charge is 0.407 e. The van der Waals surface area contributed by atoms with Gasteiger partial charge in [-0.1, -0.05) is 63.7 Å². The Morgan fingerprint density at radius 3 is 1.23 bits per heavy atom. The van der Waals surface area contributed by atoms with Crippen molar-refractivity contribution in [2.75, 3.05) is 65.9 Å². The molecule has 12 aromatic rings. The number of nitrogen functional groups attached to an aromatic ring is 1. The summed E-state index contributed by atoms with van der Waals surface area (Å²) >= 11 is 12.9. The van der Waals surface area contributed by atoms with Gasteiger partial charge in [-0.3, -0.25) is 42.5 Å². The van der Waals surface area contributed by atoms with E-state index in [2.05, 4.69) is 158 Å². The van der Waals surface area contributed by atoms with Crippen LogP contribution in [0.3, 0.4) is 0 Å². The molecule has 0 aliphatic carbocycles. The molecule has 9 heterocycles. The Labute approximate surface area is 637 Å². The van der Waals surface area contributed by atoms with Crippen molar-refractivity contribution in [2.24, 2.45) is 5.73 Å². The van der Waals surface area contributed by atoms with Crippen LogP contribution >= 0.6 is 76.1 Å². The van der Waals surface area contributed by atoms with Gasteiger partial charge >= 0.3 is 0 Å². The Hall–Kier alpha value is -10.8. The molecule has 12 rings (SSSR count). The van der Waals surface area contributed by atoms with Crippen LogP contribution in [-0.2, 0) is 48.2 Å². The number of nitrogens with one attached hydrogen (secondary N) is 1. The topological polar surface area (TPSA) is 347 Å². The second-order valence-corrected chi connectivity index (χ2v) is 23.5. The molecule has 0 atom stereocenters. The molecule has 544 valence electrons. The van der Waals surface area contributed by atoms with Crippen molar-refractivity contribution >= 4 is 139 Å². The standard InChI is InChI=1S/2C18H14FN3O2.C10H10BrN3O2.C8H5F.C7H4BrN3O.C6H5BrN2O2.C3H7BrO.CH3NO.ClH/c2*1-24-8-7-22-12-21-16-10-14(11-20-17(16)18(22)23)6-5-13-3-2-4-15(19)9-13;1-16-3-2-14-6-13-8-4-7(11)5-12-9(8)10(14)15;1-2-7-4-3-5-8(9)6-7;8-4-1-5-6(9-2-4)7(12)11-3-10-5;7-4-1-5(8)6(9-2-4)11-3-10;1-5-3-2-4;2-1-3;/h2*2-4,9-12H,7-8H2,1H3;4-6H,2-3H2,1H3;1,3-6H;1-3H,(H,10,11,12);1-3H,8H2;2-3H2,1H3;1H,(H2,2,3);1H. The van der Waals surface area contributed by atoms with E-state index in [1.807, 2.05) is 0 Å². The first-order chi connectivity index (χ1) is 50.2. The second-order valence-electron chi connectivity index (χ2n) is 19.9. The second kappa shape index (κ2) is 47.5. The van der Waals surface area contributed by atoms with Crippen LogP contribution in [0.4, 0.5) is 18.9 Å². The van der Waals surface area contributed by atoms with Crippen LogP contribution in [0.25, 0.3) is 44.1 Å². The summed E-state index contributed by atoms with van der Waals surface area (Å²) in [4.78, 5) is 105. The number of anilines is 1. The molecule has 26 nitrogen and oxygen atoms in total. The third-order valence-corrected chi connectivity index (χ3v) is 14.3. The smallest absolute Gasteiger partial charge is 0.299 e. The lowest BCUT2D eigenvalue weighted by Gasteiger charge is -2.05. The van der Waals surface area contributed by atoms with Gasteiger partial charge < -0.3 is 40.1 Å². The zero-order valence-corrected chi connectivity index (χ0v) is 63.1. The van der Waals surface area contributed by atoms with E-state index in [1.165, 1.54) is 94.0 Å². The minimum absolute atomic E-state index is 0. The zero-order chi connectivity index (χ0) is 75.8. The number of hydrogen-bond donors (Lipinski definition) is 3. The molecular weight excluding hydrogens is 1650 g/mol. The van der Waals surface area contributed by atoms with Crippen LogP contribution in [0.1, 0.15) is 27.8 Å². The number of H-pyrrole nitrogens is 1. The van der Waals surface area contributed by atoms with Gasteiger partial charge in [0.25, 0.3) is 28.7 Å². The van der Waals surface area contributed by atoms with E-state index in [0.29, 0.717) is 106 Å². The normalized spacial score (nSPS) is 9.81. The molecule has 34 heteroatoms. The Kier molecular flexibility index (Phi) is 39.2. The number of amides is 1. The number of pyridine rings is 5. The number of aromatic nitrogens is 13. The van der Waals surface area contributed by atoms with Crippen molar-refractivity contribution in [1.82, 2.24) is 63.5 Å². The summed E-state index contributed by atoms with van der Waals surface area (Å²) in [5.41, 5.74) is 15.5. The van der Waals surface area contributed by atoms with E-state index in [4.69, 9.17) is 31.2 Å². The number of fused-ring (bicyclic) bond motifs is 4. The SMILES string of the molecule is C#Cc1cccc(F)c1.COCCBr.COCCn1cnc2cc(Br)cnc2c1=O.COCCn1cnc2cc(C#Cc3cccc(F)c3)cnc2c1=O.COCCn1cnc2cc(C#Cc3cccc(F)c3)cnc2c1=O.Cl.NC=O.Nc1cc(Br)cnc1OC=O.O=c1[nH]cnc2cc(Br)cnc12. The third-order valence-electron chi connectivity index (χ3n) is 12.7. The van der Waals surface area contributed by atoms with Crippen molar-refractivity contribution < 1.29 is 46.4 Å². The summed E-state index contributed by atoms with van der Waals surface area (Å²) in [6.45, 7) is 3.73. The number of hydrogen-bond acceptors (Lipinski definition) is 21. The summed E-state index contributed by atoms with van der Waals surface area (Å²) in [5.74, 6) is 13.0. The number of aromatic amines is 1. The number of benzene rings is 3. The fourth-order valence-electron chi connectivity index (χ4n) is 7.86. The molecule has 0 spiro atoms. The first-order valence-corrected chi connectivity index (χ1v) is 33.4. The van der Waals surface area contributed by atoms with Gasteiger partial charge in [0, 0.05) is 106 Å². The highest BCUT2D eigenvalue weighted by molar-refractivity contribution is 9.11. The molecule has 0 aliphatic rings. The van der Waals surface area contributed by atoms with Crippen molar-refractivity contribution in [3.05, 3.63) is 260 Å². The van der Waals surface area contributed by atoms with Crippen LogP contribution < -0.4 is 38.4 Å². The van der Waals surface area contributed by atoms with E-state index in [9.17, 15) is 37.1 Å². The number of primary amides is 1. The molecule has 0 bridgehead atoms. The number of terminal acetylenes is 1. The highest BCUT2D eigenvalue weighted by Gasteiger charge is 2.10. The maximum absolute atomic E-state index is 13.1. The average molecular weight is 1710 g/mol. The van der Waals surface area contributed by atoms with Crippen LogP contribution in [0, 0.1) is 53.5 Å². The Morgan fingerprint density at radius 2 is 0.857 bits per heavy atom. The van der Waals surface area contributed by atoms with E-state index >= 15 is 0 Å². The number of carbonyl (C=O) groups excluding carboxylic acids is 2. The lowest BCUT2D eigenvalue weighted by Crippen LogP contribution is -2.23. The fraction of sp³-hybridized carbons (Fsp3) is 0.169. The predicted octanol–water partition coefficient (Wildman–Crippen LogP) is 9.55. The van der Waals surface area contributed by atoms with Gasteiger partial charge in [-0.25, -0.2) is 58.0 Å². The summed E-state index contributed by atoms with van der Waals surface area (Å²) in [6.07, 6.45) is 18.7. The Morgan fingerprint density at radius 1 is 0.495 bits per heavy atom. The number of nitrogens with zero attached hydrogens (tertiary/aromatic N) is 12. The van der Waals surface area contributed by atoms with Crippen LogP contribution in [0.2, 0.25) is 0 Å². The zero-order valence-electron chi connectivity index (χ0n) is 56.0. The highest BCUT2D eigenvalue weighted by Crippen LogP contribution is 2.21. The molecule has 0 unspecified atom stereocenters. The average Bonchev–Trinajstić information content (AvgIpc) is 0.814. The van der Waals surface area contributed by atoms with Gasteiger partial charge in [0.15, 0.2) is 22.1 Å². The van der Waals surface area contributed by atoms with Crippen molar-refractivity contribution in [3.8, 4) is 41.9 Å². The van der Waals surface area contributed by atoms with Crippen molar-refractivity contribution in [2.45, 2.75) is 19.6 Å². The number of ether oxygens (including phenoxy) is 5. The molecule has 5 N–H and O–H groups in total. The molecular formula is C71H63Br4ClF3N15O11. The van der Waals surface area contributed by atoms with Crippen LogP contribution in [0.5, 0.6) is 5.88 Å². The predicted molar refractivity (Wildman–Crippen MR) is 408 cm³/mol. The maximum atomic E-state index is 13.1. The molecule has 0 radical (unpaired) electrons. The number of nitrogens with two attached hydrogens (primary N) is 2. The lowest BCUT2D eigenvalue weighted by molar-refractivity contribution is -0.120. The lowest BCUT2D eigenvalue weighted by atomic mass is 10.2. The molecule has 0 saturated carbocycles. The van der Waals surface area contributed by atoms with Gasteiger partial charge in [0.1, 0.15) is 17.5 Å². The van der Waals surface area contributed by atoms with Gasteiger partial charge in [0.05, 0.1) is 99.1 Å². The molecule has 1 amide bonds. The van der Waals surface area contributed by atoms with Gasteiger partial charge in [-0.05, 0) is 133 Å². The van der Waals surface area contributed by atoms with E-state index in [0.717, 1.165) is 25.4 Å². The molecule has 9 aromatic heterocycles. The van der Waals surface area contributed by atoms with Crippen molar-refractivity contribution in [1.29, 1.82) is 0 Å². The molecule has 105 heavy (non-hydrogen) atoms. The third kappa shape index (κ3) is 29.5. The number of carbonyl (C=O) groups is 2. The molecule has 0 saturated heterocycles. The molecule has 0 fully saturated rings. The summed E-state index contributed by atoms with van der Waals surface area (Å²) in [7, 11) is 6.42. The summed E-state index contributed by atoms with van der Waals surface area (Å²) in [6, 6.07) is 26.5. The van der Waals surface area contributed by atoms with Gasteiger partial charge in [0.2, 0.25) is 12.3 Å². The van der Waals surface area contributed by atoms with E-state index in [1.54, 1.807) is 108 Å². The van der Waals surface area contributed by atoms with E-state index < -0.39 is 0 Å². The maximum Gasteiger partial charge on any atom is 0.299 e. The highest BCUT2D eigenvalue weighted by atomic mass is 79.9. The minimum atomic E-state index is -0.336. The number of rotatable bonds is 13. The molecule has 0 aliphatic heterocycles. The van der Waals surface area contributed by atoms with E-state index in [-0.39, 0.29) is 81.9 Å². The van der Waals surface area contributed by atoms with Crippen LogP contribution in [0.15, 0.2) is 192 Å². The quantitative estimate of drug-likeness (QED) is 0.0549. The first kappa shape index (κ1) is 86.6. The summed E-state index contributed by atoms with van der Waals surface area (Å²) in [5, 5.41) is 0.934.